The van der Waals surface area contributed by atoms with Crippen molar-refractivity contribution >= 4 is 5.97 Å². The minimum Gasteiger partial charge on any atom is -0.460 e. The van der Waals surface area contributed by atoms with Crippen LogP contribution in [0, 0.1) is 0 Å². The minimum atomic E-state index is -1.27. The van der Waals surface area contributed by atoms with Gasteiger partial charge in [0.25, 0.3) is 0 Å². The number of methoxy groups -OCH3 is 1. The van der Waals surface area contributed by atoms with Crippen LogP contribution in [0.4, 0.5) is 0 Å². The Morgan fingerprint density at radius 2 is 1.59 bits per heavy atom. The second kappa shape index (κ2) is 6.30. The molecular weight excluding hydrogens is 280 g/mol. The zero-order chi connectivity index (χ0) is 15.4. The van der Waals surface area contributed by atoms with Gasteiger partial charge in [-0.1, -0.05) is 60.7 Å². The van der Waals surface area contributed by atoms with E-state index in [9.17, 15) is 4.79 Å². The summed E-state index contributed by atoms with van der Waals surface area (Å²) < 4.78 is 16.3. The van der Waals surface area contributed by atoms with Crippen molar-refractivity contribution in [2.45, 2.75) is 11.7 Å². The molecule has 1 unspecified atom stereocenters. The predicted molar refractivity (Wildman–Crippen MR) is 81.4 cm³/mol. The molecule has 4 heteroatoms. The van der Waals surface area contributed by atoms with Crippen molar-refractivity contribution < 1.29 is 19.0 Å². The number of ether oxygens (including phenoxy) is 3. The van der Waals surface area contributed by atoms with Gasteiger partial charge in [-0.3, -0.25) is 0 Å². The summed E-state index contributed by atoms with van der Waals surface area (Å²) in [7, 11) is 1.52. The molecule has 0 spiro atoms. The highest BCUT2D eigenvalue weighted by Crippen LogP contribution is 2.34. The lowest BCUT2D eigenvalue weighted by Gasteiger charge is -2.31. The molecule has 1 atom stereocenters. The van der Waals surface area contributed by atoms with Gasteiger partial charge in [0.1, 0.15) is 12.7 Å². The lowest BCUT2D eigenvalue weighted by molar-refractivity contribution is -0.166. The molecule has 0 N–H and O–H groups in total. The number of hydrogen-bond donors (Lipinski definition) is 0. The summed E-state index contributed by atoms with van der Waals surface area (Å²) in [5.41, 5.74) is 0.216. The van der Waals surface area contributed by atoms with Crippen LogP contribution in [-0.2, 0) is 24.6 Å². The molecular formula is C18H18O4. The molecule has 114 valence electrons. The summed E-state index contributed by atoms with van der Waals surface area (Å²) >= 11 is 0. The average Bonchev–Trinajstić information content (AvgIpc) is 3.40. The molecule has 2 aromatic rings. The monoisotopic (exact) mass is 298 g/mol. The fourth-order valence-electron chi connectivity index (χ4n) is 2.50. The molecule has 1 fully saturated rings. The van der Waals surface area contributed by atoms with Crippen LogP contribution in [0.15, 0.2) is 60.7 Å². The van der Waals surface area contributed by atoms with E-state index < -0.39 is 11.6 Å². The van der Waals surface area contributed by atoms with Crippen LogP contribution in [0.25, 0.3) is 0 Å². The van der Waals surface area contributed by atoms with Gasteiger partial charge in [-0.15, -0.1) is 0 Å². The average molecular weight is 298 g/mol. The maximum absolute atomic E-state index is 12.8. The van der Waals surface area contributed by atoms with Crippen molar-refractivity contribution in [1.82, 2.24) is 0 Å². The highest BCUT2D eigenvalue weighted by atomic mass is 16.6. The zero-order valence-corrected chi connectivity index (χ0v) is 12.4. The van der Waals surface area contributed by atoms with E-state index in [0.29, 0.717) is 6.61 Å². The molecule has 0 bridgehead atoms. The highest BCUT2D eigenvalue weighted by Gasteiger charge is 2.44. The van der Waals surface area contributed by atoms with Crippen molar-refractivity contribution in [3.8, 4) is 0 Å². The van der Waals surface area contributed by atoms with Crippen LogP contribution in [-0.4, -0.2) is 32.4 Å². The van der Waals surface area contributed by atoms with Gasteiger partial charge < -0.3 is 14.2 Å². The maximum Gasteiger partial charge on any atom is 0.347 e. The second-order valence-electron chi connectivity index (χ2n) is 5.17. The molecule has 0 saturated carbocycles. The van der Waals surface area contributed by atoms with Crippen molar-refractivity contribution in [2.24, 2.45) is 0 Å². The quantitative estimate of drug-likeness (QED) is 0.607. The van der Waals surface area contributed by atoms with Crippen LogP contribution in [0.5, 0.6) is 0 Å². The Balaban J connectivity index is 2.01. The summed E-state index contributed by atoms with van der Waals surface area (Å²) in [6.45, 7) is 0.896. The van der Waals surface area contributed by atoms with Crippen LogP contribution < -0.4 is 0 Å². The summed E-state index contributed by atoms with van der Waals surface area (Å²) in [6, 6.07) is 18.8. The molecule has 2 aromatic carbocycles. The first-order chi connectivity index (χ1) is 10.8. The standard InChI is InChI=1S/C18H18O4/c1-20-18(14-8-4-2-5-9-14,15-10-6-3-7-11-15)17(19)22-13-16-12-21-16/h2-11,16H,12-13H2,1H3. The Kier molecular flexibility index (Phi) is 4.22. The van der Waals surface area contributed by atoms with E-state index >= 15 is 0 Å². The SMILES string of the molecule is COC(C(=O)OCC1CO1)(c1ccccc1)c1ccccc1. The van der Waals surface area contributed by atoms with Gasteiger partial charge in [0.2, 0.25) is 5.60 Å². The fraction of sp³-hybridized carbons (Fsp3) is 0.278. The zero-order valence-electron chi connectivity index (χ0n) is 12.4. The molecule has 1 heterocycles. The molecule has 1 saturated heterocycles. The van der Waals surface area contributed by atoms with Crippen LogP contribution in [0.1, 0.15) is 11.1 Å². The highest BCUT2D eigenvalue weighted by molar-refractivity contribution is 5.85. The Morgan fingerprint density at radius 3 is 2.00 bits per heavy atom. The third-order valence-corrected chi connectivity index (χ3v) is 3.76. The van der Waals surface area contributed by atoms with Crippen molar-refractivity contribution in [3.05, 3.63) is 71.8 Å². The van der Waals surface area contributed by atoms with Gasteiger partial charge >= 0.3 is 5.97 Å². The van der Waals surface area contributed by atoms with E-state index in [1.54, 1.807) is 0 Å². The van der Waals surface area contributed by atoms with Gasteiger partial charge in [-0.05, 0) is 11.1 Å². The lowest BCUT2D eigenvalue weighted by Crippen LogP contribution is -2.41. The maximum atomic E-state index is 12.8. The smallest absolute Gasteiger partial charge is 0.347 e. The first-order valence-electron chi connectivity index (χ1n) is 7.22. The fourth-order valence-corrected chi connectivity index (χ4v) is 2.50. The molecule has 1 aliphatic heterocycles. The number of hydrogen-bond acceptors (Lipinski definition) is 4. The van der Waals surface area contributed by atoms with Crippen molar-refractivity contribution in [1.29, 1.82) is 0 Å². The topological polar surface area (TPSA) is 48.1 Å². The third-order valence-electron chi connectivity index (χ3n) is 3.76. The van der Waals surface area contributed by atoms with E-state index in [1.807, 2.05) is 60.7 Å². The van der Waals surface area contributed by atoms with Gasteiger partial charge in [0.05, 0.1) is 6.61 Å². The Hall–Kier alpha value is -2.17. The van der Waals surface area contributed by atoms with Gasteiger partial charge in [-0.25, -0.2) is 4.79 Å². The van der Waals surface area contributed by atoms with Crippen LogP contribution >= 0.6 is 0 Å². The molecule has 22 heavy (non-hydrogen) atoms. The minimum absolute atomic E-state index is 0.0186. The number of carbonyl (C=O) groups excluding carboxylic acids is 1. The Labute approximate surface area is 129 Å². The van der Waals surface area contributed by atoms with E-state index in [-0.39, 0.29) is 12.7 Å². The molecule has 0 radical (unpaired) electrons. The van der Waals surface area contributed by atoms with E-state index in [4.69, 9.17) is 14.2 Å². The van der Waals surface area contributed by atoms with Gasteiger partial charge in [-0.2, -0.15) is 0 Å². The number of epoxide rings is 1. The molecule has 0 aromatic heterocycles. The summed E-state index contributed by atoms with van der Waals surface area (Å²) in [6.07, 6.45) is 0.0186. The first-order valence-corrected chi connectivity index (χ1v) is 7.22. The predicted octanol–water partition coefficient (Wildman–Crippen LogP) is 2.52. The molecule has 1 aliphatic rings. The normalized spacial score (nSPS) is 17.0. The van der Waals surface area contributed by atoms with Crippen LogP contribution in [0.3, 0.4) is 0 Å². The number of benzene rings is 2. The lowest BCUT2D eigenvalue weighted by atomic mass is 9.86. The summed E-state index contributed by atoms with van der Waals surface area (Å²) in [5, 5.41) is 0. The summed E-state index contributed by atoms with van der Waals surface area (Å²) in [5.74, 6) is -0.428. The number of carbonyl (C=O) groups is 1. The van der Waals surface area contributed by atoms with Gasteiger partial charge in [0.15, 0.2) is 0 Å². The second-order valence-corrected chi connectivity index (χ2v) is 5.17. The molecule has 3 rings (SSSR count). The largest absolute Gasteiger partial charge is 0.460 e. The number of rotatable bonds is 6. The first kappa shape index (κ1) is 14.8. The van der Waals surface area contributed by atoms with Crippen molar-refractivity contribution in [3.63, 3.8) is 0 Å². The Bertz CT molecular complexity index is 581. The van der Waals surface area contributed by atoms with E-state index in [1.165, 1.54) is 7.11 Å². The van der Waals surface area contributed by atoms with E-state index in [2.05, 4.69) is 0 Å². The van der Waals surface area contributed by atoms with E-state index in [0.717, 1.165) is 11.1 Å². The van der Waals surface area contributed by atoms with Crippen molar-refractivity contribution in [2.75, 3.05) is 20.3 Å². The van der Waals surface area contributed by atoms with Gasteiger partial charge in [0, 0.05) is 7.11 Å². The number of esters is 1. The Morgan fingerprint density at radius 1 is 1.09 bits per heavy atom. The molecule has 4 nitrogen and oxygen atoms in total. The molecule has 0 amide bonds. The third kappa shape index (κ3) is 2.75. The van der Waals surface area contributed by atoms with Crippen LogP contribution in [0.2, 0.25) is 0 Å². The summed E-state index contributed by atoms with van der Waals surface area (Å²) in [4.78, 5) is 12.8. The molecule has 0 aliphatic carbocycles.